The van der Waals surface area contributed by atoms with Crippen LogP contribution in [0.4, 0.5) is 0 Å². The number of piperidine rings is 1. The molecule has 1 aliphatic heterocycles. The Morgan fingerprint density at radius 1 is 0.787 bits per heavy atom. The van der Waals surface area contributed by atoms with Crippen molar-refractivity contribution in [3.63, 3.8) is 0 Å². The Hall–Kier alpha value is -3.93. The van der Waals surface area contributed by atoms with Gasteiger partial charge in [0.1, 0.15) is 24.5 Å². The fourth-order valence-corrected chi connectivity index (χ4v) is 5.02. The summed E-state index contributed by atoms with van der Waals surface area (Å²) in [5.74, 6) is 0.539. The molecule has 0 aromatic heterocycles. The number of hydrogen-bond donors (Lipinski definition) is 0. The molecule has 1 amide bonds. The highest BCUT2D eigenvalue weighted by Gasteiger charge is 2.36. The molecule has 6 nitrogen and oxygen atoms in total. The second-order valence-corrected chi connectivity index (χ2v) is 11.9. The number of benzene rings is 3. The van der Waals surface area contributed by atoms with Gasteiger partial charge < -0.3 is 14.4 Å². The van der Waals surface area contributed by atoms with Crippen LogP contribution in [-0.4, -0.2) is 41.8 Å². The molecular formula is C41H59NO5. The molecule has 0 saturated carbocycles. The predicted octanol–water partition coefficient (Wildman–Crippen LogP) is 9.77. The van der Waals surface area contributed by atoms with Crippen LogP contribution >= 0.6 is 0 Å². The van der Waals surface area contributed by atoms with Crippen LogP contribution < -0.4 is 4.74 Å². The lowest BCUT2D eigenvalue weighted by Gasteiger charge is -2.36. The number of carbonyl (C=O) groups excluding carboxylic acids is 3. The van der Waals surface area contributed by atoms with E-state index in [1.807, 2.05) is 101 Å². The van der Waals surface area contributed by atoms with Gasteiger partial charge in [-0.3, -0.25) is 9.59 Å². The van der Waals surface area contributed by atoms with E-state index in [9.17, 15) is 14.4 Å². The van der Waals surface area contributed by atoms with Gasteiger partial charge in [-0.15, -0.1) is 0 Å². The Morgan fingerprint density at radius 2 is 1.36 bits per heavy atom. The third-order valence-corrected chi connectivity index (χ3v) is 7.20. The van der Waals surface area contributed by atoms with Gasteiger partial charge >= 0.3 is 5.97 Å². The summed E-state index contributed by atoms with van der Waals surface area (Å²) in [6.07, 6.45) is 3.09. The number of Topliss-reactive ketones (excluding diaryl/α,β-unsaturated/α-hetero) is 1. The summed E-state index contributed by atoms with van der Waals surface area (Å²) in [6.45, 7) is 18.4. The maximum absolute atomic E-state index is 13.7. The van der Waals surface area contributed by atoms with Crippen LogP contribution in [0.1, 0.15) is 117 Å². The minimum Gasteiger partial charge on any atom is -0.486 e. The van der Waals surface area contributed by atoms with Crippen LogP contribution in [0.25, 0.3) is 0 Å². The molecule has 3 atom stereocenters. The molecule has 47 heavy (non-hydrogen) atoms. The maximum atomic E-state index is 13.7. The van der Waals surface area contributed by atoms with Crippen LogP contribution in [0.2, 0.25) is 0 Å². The summed E-state index contributed by atoms with van der Waals surface area (Å²) < 4.78 is 11.8. The first-order chi connectivity index (χ1) is 22.7. The standard InChI is InChI=1S/C33H37NO5.C4H10.2C2H6/c1-24(35)23-38-29-17-11-16-28(22-29)31(20-19-26-12-5-3-6-13-26)39-33(37)30-18-9-10-21-34(30)32(36)25(2)27-14-7-4-8-15-27;1-4(2)3;2*1-2/h3-8,11-17,22,25,30-31H,9-10,18-21,23H2,1-2H3;4H,1-3H3;2*1-2H3. The highest BCUT2D eigenvalue weighted by atomic mass is 16.5. The van der Waals surface area contributed by atoms with Crippen molar-refractivity contribution in [3.8, 4) is 5.75 Å². The number of esters is 1. The van der Waals surface area contributed by atoms with Gasteiger partial charge in [0, 0.05) is 6.54 Å². The zero-order valence-electron chi connectivity index (χ0n) is 30.3. The summed E-state index contributed by atoms with van der Waals surface area (Å²) in [7, 11) is 0. The molecule has 3 unspecified atom stereocenters. The number of likely N-dealkylation sites (tertiary alicyclic amines) is 1. The summed E-state index contributed by atoms with van der Waals surface area (Å²) in [5.41, 5.74) is 2.88. The van der Waals surface area contributed by atoms with Crippen molar-refractivity contribution in [1.29, 1.82) is 0 Å². The van der Waals surface area contributed by atoms with E-state index in [1.54, 1.807) is 11.0 Å². The highest BCUT2D eigenvalue weighted by molar-refractivity contribution is 5.88. The van der Waals surface area contributed by atoms with Gasteiger partial charge in [0.05, 0.1) is 5.92 Å². The molecule has 1 fully saturated rings. The fourth-order valence-electron chi connectivity index (χ4n) is 5.02. The number of ether oxygens (including phenoxy) is 2. The van der Waals surface area contributed by atoms with Crippen LogP contribution in [0.5, 0.6) is 5.75 Å². The van der Waals surface area contributed by atoms with E-state index in [1.165, 1.54) is 6.92 Å². The van der Waals surface area contributed by atoms with Crippen molar-refractivity contribution in [2.45, 2.75) is 112 Å². The zero-order valence-corrected chi connectivity index (χ0v) is 30.3. The molecule has 0 spiro atoms. The first-order valence-corrected chi connectivity index (χ1v) is 17.5. The molecule has 258 valence electrons. The number of hydrogen-bond acceptors (Lipinski definition) is 5. The molecule has 1 heterocycles. The van der Waals surface area contributed by atoms with Crippen molar-refractivity contribution in [1.82, 2.24) is 4.90 Å². The normalized spacial score (nSPS) is 14.9. The Morgan fingerprint density at radius 3 is 1.96 bits per heavy atom. The first-order valence-electron chi connectivity index (χ1n) is 17.5. The van der Waals surface area contributed by atoms with E-state index >= 15 is 0 Å². The Bertz CT molecular complexity index is 1290. The van der Waals surface area contributed by atoms with Crippen molar-refractivity contribution in [2.24, 2.45) is 5.92 Å². The van der Waals surface area contributed by atoms with Crippen molar-refractivity contribution in [3.05, 3.63) is 102 Å². The van der Waals surface area contributed by atoms with Crippen molar-refractivity contribution < 1.29 is 23.9 Å². The van der Waals surface area contributed by atoms with E-state index in [2.05, 4.69) is 32.9 Å². The number of nitrogens with zero attached hydrogens (tertiary/aromatic N) is 1. The average Bonchev–Trinajstić information content (AvgIpc) is 3.11. The summed E-state index contributed by atoms with van der Waals surface area (Å²) in [6, 6.07) is 26.5. The van der Waals surface area contributed by atoms with E-state index in [-0.39, 0.29) is 30.2 Å². The molecule has 1 saturated heterocycles. The molecule has 0 radical (unpaired) electrons. The molecular weight excluding hydrogens is 586 g/mol. The number of ketones is 1. The van der Waals surface area contributed by atoms with E-state index < -0.39 is 12.1 Å². The monoisotopic (exact) mass is 645 g/mol. The Balaban J connectivity index is 0.00000126. The number of aryl methyl sites for hydroxylation is 1. The molecule has 3 aromatic carbocycles. The number of carbonyl (C=O) groups is 3. The quantitative estimate of drug-likeness (QED) is 0.194. The van der Waals surface area contributed by atoms with Crippen LogP contribution in [0.3, 0.4) is 0 Å². The van der Waals surface area contributed by atoms with Gasteiger partial charge in [-0.25, -0.2) is 4.79 Å². The van der Waals surface area contributed by atoms with Gasteiger partial charge in [0.15, 0.2) is 5.78 Å². The molecule has 4 rings (SSSR count). The lowest BCUT2D eigenvalue weighted by atomic mass is 9.95. The largest absolute Gasteiger partial charge is 0.486 e. The van der Waals surface area contributed by atoms with Gasteiger partial charge in [-0.1, -0.05) is 121 Å². The molecule has 0 bridgehead atoms. The lowest BCUT2D eigenvalue weighted by molar-refractivity contribution is -0.162. The van der Waals surface area contributed by atoms with Crippen LogP contribution in [0, 0.1) is 5.92 Å². The topological polar surface area (TPSA) is 72.9 Å². The molecule has 6 heteroatoms. The zero-order chi connectivity index (χ0) is 35.2. The number of amides is 1. The Labute approximate surface area is 284 Å². The summed E-state index contributed by atoms with van der Waals surface area (Å²) in [5, 5.41) is 0. The molecule has 0 N–H and O–H groups in total. The van der Waals surface area contributed by atoms with E-state index in [0.717, 1.165) is 41.9 Å². The van der Waals surface area contributed by atoms with Crippen molar-refractivity contribution >= 4 is 17.7 Å². The second kappa shape index (κ2) is 23.4. The lowest BCUT2D eigenvalue weighted by Crippen LogP contribution is -2.50. The minimum absolute atomic E-state index is 0.0172. The van der Waals surface area contributed by atoms with E-state index in [0.29, 0.717) is 25.1 Å². The molecule has 0 aliphatic carbocycles. The molecule has 3 aromatic rings. The van der Waals surface area contributed by atoms with Gasteiger partial charge in [0.2, 0.25) is 5.91 Å². The fraction of sp³-hybridized carbons (Fsp3) is 0.488. The molecule has 1 aliphatic rings. The first kappa shape index (κ1) is 41.1. The summed E-state index contributed by atoms with van der Waals surface area (Å²) >= 11 is 0. The van der Waals surface area contributed by atoms with E-state index in [4.69, 9.17) is 9.47 Å². The van der Waals surface area contributed by atoms with Crippen LogP contribution in [-0.2, 0) is 25.5 Å². The second-order valence-electron chi connectivity index (χ2n) is 11.9. The average molecular weight is 646 g/mol. The van der Waals surface area contributed by atoms with Gasteiger partial charge in [0.25, 0.3) is 0 Å². The summed E-state index contributed by atoms with van der Waals surface area (Å²) in [4.78, 5) is 40.3. The third kappa shape index (κ3) is 15.0. The minimum atomic E-state index is -0.617. The van der Waals surface area contributed by atoms with Crippen molar-refractivity contribution in [2.75, 3.05) is 13.2 Å². The Kier molecular flexibility index (Phi) is 20.5. The van der Waals surface area contributed by atoms with Gasteiger partial charge in [-0.2, -0.15) is 0 Å². The van der Waals surface area contributed by atoms with Crippen LogP contribution in [0.15, 0.2) is 84.9 Å². The maximum Gasteiger partial charge on any atom is 0.329 e. The third-order valence-electron chi connectivity index (χ3n) is 7.20. The van der Waals surface area contributed by atoms with Gasteiger partial charge in [-0.05, 0) is 80.7 Å². The predicted molar refractivity (Wildman–Crippen MR) is 194 cm³/mol. The smallest absolute Gasteiger partial charge is 0.329 e. The highest BCUT2D eigenvalue weighted by Crippen LogP contribution is 2.30. The SMILES string of the molecule is CC.CC.CC(=O)COc1cccc(C(CCc2ccccc2)OC(=O)C2CCCCN2C(=O)C(C)c2ccccc2)c1.CC(C)C. The number of rotatable bonds is 11.